The zero-order valence-corrected chi connectivity index (χ0v) is 14.6. The van der Waals surface area contributed by atoms with Gasteiger partial charge in [-0.25, -0.2) is 0 Å². The minimum atomic E-state index is -0.299. The molecule has 0 atom stereocenters. The van der Waals surface area contributed by atoms with Crippen molar-refractivity contribution in [2.45, 2.75) is 38.1 Å². The molecule has 1 aromatic carbocycles. The maximum Gasteiger partial charge on any atom is 0.261 e. The number of amides is 3. The summed E-state index contributed by atoms with van der Waals surface area (Å²) in [4.78, 5) is 43.4. The van der Waals surface area contributed by atoms with E-state index in [-0.39, 0.29) is 23.8 Å². The third-order valence-corrected chi connectivity index (χ3v) is 5.82. The summed E-state index contributed by atoms with van der Waals surface area (Å²) in [5, 5.41) is 3.36. The molecule has 1 saturated carbocycles. The third kappa shape index (κ3) is 2.97. The van der Waals surface area contributed by atoms with Crippen LogP contribution in [0.1, 0.15) is 63.2 Å². The molecule has 0 unspecified atom stereocenters. The summed E-state index contributed by atoms with van der Waals surface area (Å²) in [6.45, 7) is 0.702. The number of thioether (sulfide) groups is 1. The van der Waals surface area contributed by atoms with E-state index in [4.69, 9.17) is 0 Å². The van der Waals surface area contributed by atoms with Crippen molar-refractivity contribution in [3.05, 3.63) is 34.9 Å². The summed E-state index contributed by atoms with van der Waals surface area (Å²) >= 11 is 1.50. The van der Waals surface area contributed by atoms with Gasteiger partial charge in [-0.05, 0) is 31.0 Å². The van der Waals surface area contributed by atoms with Gasteiger partial charge < -0.3 is 5.32 Å². The molecule has 1 N–H and O–H groups in total. The van der Waals surface area contributed by atoms with E-state index in [1.54, 1.807) is 12.1 Å². The molecule has 1 aromatic rings. The third-order valence-electron chi connectivity index (χ3n) is 4.93. The summed E-state index contributed by atoms with van der Waals surface area (Å²) in [5.74, 6) is 0.0689. The topological polar surface area (TPSA) is 78.8 Å². The second-order valence-corrected chi connectivity index (χ2v) is 7.61. The lowest BCUT2D eigenvalue weighted by Gasteiger charge is -2.29. The van der Waals surface area contributed by atoms with Gasteiger partial charge in [-0.2, -0.15) is 0 Å². The molecule has 0 radical (unpaired) electrons. The Labute approximate surface area is 150 Å². The van der Waals surface area contributed by atoms with Crippen molar-refractivity contribution in [1.82, 2.24) is 10.2 Å². The second kappa shape index (κ2) is 6.63. The Morgan fingerprint density at radius 2 is 1.88 bits per heavy atom. The van der Waals surface area contributed by atoms with Crippen LogP contribution in [0, 0.1) is 0 Å². The van der Waals surface area contributed by atoms with E-state index in [0.717, 1.165) is 37.9 Å². The minimum absolute atomic E-state index is 0.0114. The van der Waals surface area contributed by atoms with Crippen LogP contribution in [0.15, 0.2) is 23.2 Å². The molecule has 3 amide bonds. The van der Waals surface area contributed by atoms with Gasteiger partial charge in [-0.15, -0.1) is 0 Å². The van der Waals surface area contributed by atoms with Gasteiger partial charge in [0.05, 0.1) is 17.7 Å². The van der Waals surface area contributed by atoms with Crippen LogP contribution in [0.25, 0.3) is 0 Å². The van der Waals surface area contributed by atoms with E-state index in [1.165, 1.54) is 22.7 Å². The molecule has 2 heterocycles. The molecular formula is C18H19N3O3S. The Bertz CT molecular complexity index is 784. The van der Waals surface area contributed by atoms with Gasteiger partial charge in [0, 0.05) is 17.4 Å². The van der Waals surface area contributed by atoms with Crippen LogP contribution in [-0.2, 0) is 0 Å². The van der Waals surface area contributed by atoms with Crippen molar-refractivity contribution in [2.24, 2.45) is 4.99 Å². The van der Waals surface area contributed by atoms with Crippen LogP contribution in [0.3, 0.4) is 0 Å². The number of fused-ring (bicyclic) bond motifs is 1. The van der Waals surface area contributed by atoms with Gasteiger partial charge >= 0.3 is 0 Å². The number of hydrogen-bond donors (Lipinski definition) is 1. The summed E-state index contributed by atoms with van der Waals surface area (Å²) in [7, 11) is 0. The number of carbonyl (C=O) groups excluding carboxylic acids is 3. The molecular weight excluding hydrogens is 338 g/mol. The van der Waals surface area contributed by atoms with Crippen LogP contribution < -0.4 is 5.32 Å². The minimum Gasteiger partial charge on any atom is -0.301 e. The molecule has 0 saturated heterocycles. The average molecular weight is 357 g/mol. The highest BCUT2D eigenvalue weighted by atomic mass is 32.2. The van der Waals surface area contributed by atoms with Gasteiger partial charge in [0.1, 0.15) is 0 Å². The smallest absolute Gasteiger partial charge is 0.261 e. The van der Waals surface area contributed by atoms with Crippen molar-refractivity contribution < 1.29 is 14.4 Å². The zero-order chi connectivity index (χ0) is 17.4. The first-order valence-electron chi connectivity index (χ1n) is 8.65. The quantitative estimate of drug-likeness (QED) is 0.825. The van der Waals surface area contributed by atoms with Crippen LogP contribution in [0.5, 0.6) is 0 Å². The molecule has 1 aliphatic carbocycles. The van der Waals surface area contributed by atoms with E-state index < -0.39 is 0 Å². The number of imide groups is 1. The van der Waals surface area contributed by atoms with Crippen LogP contribution in [0.2, 0.25) is 0 Å². The van der Waals surface area contributed by atoms with Crippen molar-refractivity contribution in [1.29, 1.82) is 0 Å². The van der Waals surface area contributed by atoms with E-state index >= 15 is 0 Å². The first kappa shape index (κ1) is 16.3. The SMILES string of the molecule is O=C(NC1=NCCS1)c1ccc2c(c1)C(=O)N(C1CCCCC1)C2=O. The Morgan fingerprint density at radius 3 is 2.60 bits per heavy atom. The Kier molecular flexibility index (Phi) is 4.33. The van der Waals surface area contributed by atoms with Gasteiger partial charge in [0.15, 0.2) is 5.17 Å². The maximum absolute atomic E-state index is 12.8. The lowest BCUT2D eigenvalue weighted by molar-refractivity contribution is 0.0549. The maximum atomic E-state index is 12.8. The van der Waals surface area contributed by atoms with Crippen molar-refractivity contribution in [3.63, 3.8) is 0 Å². The highest BCUT2D eigenvalue weighted by Gasteiger charge is 2.40. The van der Waals surface area contributed by atoms with Gasteiger partial charge in [0.25, 0.3) is 17.7 Å². The fourth-order valence-corrected chi connectivity index (χ4v) is 4.37. The van der Waals surface area contributed by atoms with E-state index in [1.807, 2.05) is 0 Å². The molecule has 0 aromatic heterocycles. The monoisotopic (exact) mass is 357 g/mol. The lowest BCUT2D eigenvalue weighted by atomic mass is 9.94. The number of hydrogen-bond acceptors (Lipinski definition) is 5. The standard InChI is InChI=1S/C18H19N3O3S/c22-15(20-18-19-8-9-25-18)11-6-7-13-14(10-11)17(24)21(16(13)23)12-4-2-1-3-5-12/h6-7,10,12H,1-5,8-9H2,(H,19,20,22). The van der Waals surface area contributed by atoms with Crippen molar-refractivity contribution in [2.75, 3.05) is 12.3 Å². The van der Waals surface area contributed by atoms with Gasteiger partial charge in [-0.3, -0.25) is 24.3 Å². The number of aliphatic imine (C=N–C) groups is 1. The molecule has 0 spiro atoms. The number of rotatable bonds is 2. The highest BCUT2D eigenvalue weighted by Crippen LogP contribution is 2.31. The molecule has 25 heavy (non-hydrogen) atoms. The zero-order valence-electron chi connectivity index (χ0n) is 13.8. The van der Waals surface area contributed by atoms with Gasteiger partial charge in [-0.1, -0.05) is 31.0 Å². The summed E-state index contributed by atoms with van der Waals surface area (Å²) in [6.07, 6.45) is 4.99. The molecule has 0 bridgehead atoms. The average Bonchev–Trinajstić information content (AvgIpc) is 3.23. The summed E-state index contributed by atoms with van der Waals surface area (Å²) in [6, 6.07) is 4.72. The van der Waals surface area contributed by atoms with Gasteiger partial charge in [0.2, 0.25) is 0 Å². The Hall–Kier alpha value is -2.15. The molecule has 3 aliphatic rings. The first-order valence-corrected chi connectivity index (χ1v) is 9.64. The number of amidine groups is 1. The van der Waals surface area contributed by atoms with E-state index in [0.29, 0.717) is 28.4 Å². The predicted molar refractivity (Wildman–Crippen MR) is 96.0 cm³/mol. The largest absolute Gasteiger partial charge is 0.301 e. The molecule has 1 fully saturated rings. The van der Waals surface area contributed by atoms with E-state index in [9.17, 15) is 14.4 Å². The van der Waals surface area contributed by atoms with Crippen molar-refractivity contribution in [3.8, 4) is 0 Å². The predicted octanol–water partition coefficient (Wildman–Crippen LogP) is 2.45. The molecule has 7 heteroatoms. The Balaban J connectivity index is 1.57. The number of benzene rings is 1. The highest BCUT2D eigenvalue weighted by molar-refractivity contribution is 8.14. The normalized spacial score (nSPS) is 20.6. The lowest BCUT2D eigenvalue weighted by Crippen LogP contribution is -2.40. The van der Waals surface area contributed by atoms with Crippen LogP contribution in [-0.4, -0.2) is 46.1 Å². The number of nitrogens with one attached hydrogen (secondary N) is 1. The molecule has 130 valence electrons. The van der Waals surface area contributed by atoms with Crippen LogP contribution >= 0.6 is 11.8 Å². The fraction of sp³-hybridized carbons (Fsp3) is 0.444. The van der Waals surface area contributed by atoms with E-state index in [2.05, 4.69) is 10.3 Å². The molecule has 6 nitrogen and oxygen atoms in total. The Morgan fingerprint density at radius 1 is 1.12 bits per heavy atom. The van der Waals surface area contributed by atoms with Crippen molar-refractivity contribution >= 4 is 34.7 Å². The second-order valence-electron chi connectivity index (χ2n) is 6.52. The number of carbonyl (C=O) groups is 3. The molecule has 2 aliphatic heterocycles. The van der Waals surface area contributed by atoms with Crippen LogP contribution in [0.4, 0.5) is 0 Å². The fourth-order valence-electron chi connectivity index (χ4n) is 3.65. The number of nitrogens with zero attached hydrogens (tertiary/aromatic N) is 2. The molecule has 4 rings (SSSR count). The summed E-state index contributed by atoms with van der Waals surface area (Å²) in [5.41, 5.74) is 1.12. The first-order chi connectivity index (χ1) is 12.1. The summed E-state index contributed by atoms with van der Waals surface area (Å²) < 4.78 is 0.